The van der Waals surface area contributed by atoms with E-state index in [0.717, 1.165) is 23.3 Å². The van der Waals surface area contributed by atoms with E-state index in [0.29, 0.717) is 5.69 Å². The van der Waals surface area contributed by atoms with Crippen molar-refractivity contribution in [2.24, 2.45) is 0 Å². The fraction of sp³-hybridized carbons (Fsp3) is 0.273. The van der Waals surface area contributed by atoms with Crippen molar-refractivity contribution in [3.63, 3.8) is 0 Å². The van der Waals surface area contributed by atoms with Gasteiger partial charge in [-0.05, 0) is 24.5 Å². The molecule has 76 valence electrons. The van der Waals surface area contributed by atoms with Crippen LogP contribution in [-0.2, 0) is 10.2 Å². The van der Waals surface area contributed by atoms with Crippen LogP contribution in [0.5, 0.6) is 0 Å². The van der Waals surface area contributed by atoms with Crippen LogP contribution in [0.3, 0.4) is 0 Å². The standard InChI is InChI=1S/C11H9NO3/c13-9-11(5-6-11)7-3-1-2-4-8(7)12(9)10(14)15/h1-4H,5-6H2,(H,14,15). The summed E-state index contributed by atoms with van der Waals surface area (Å²) in [4.78, 5) is 23.8. The van der Waals surface area contributed by atoms with Gasteiger partial charge in [0, 0.05) is 0 Å². The lowest BCUT2D eigenvalue weighted by molar-refractivity contribution is -0.119. The largest absolute Gasteiger partial charge is 0.464 e. The summed E-state index contributed by atoms with van der Waals surface area (Å²) >= 11 is 0. The summed E-state index contributed by atoms with van der Waals surface area (Å²) in [6.45, 7) is 0. The molecule has 1 aliphatic carbocycles. The number of carboxylic acid groups (broad SMARTS) is 1. The van der Waals surface area contributed by atoms with Crippen LogP contribution in [0.4, 0.5) is 10.5 Å². The maximum atomic E-state index is 11.9. The predicted octanol–water partition coefficient (Wildman–Crippen LogP) is 1.74. The summed E-state index contributed by atoms with van der Waals surface area (Å²) < 4.78 is 0. The Morgan fingerprint density at radius 1 is 1.33 bits per heavy atom. The summed E-state index contributed by atoms with van der Waals surface area (Å²) in [7, 11) is 0. The highest BCUT2D eigenvalue weighted by Crippen LogP contribution is 2.57. The maximum absolute atomic E-state index is 11.9. The molecule has 3 rings (SSSR count). The highest BCUT2D eigenvalue weighted by Gasteiger charge is 2.60. The Hall–Kier alpha value is -1.84. The second kappa shape index (κ2) is 2.39. The molecule has 1 heterocycles. The molecule has 4 nitrogen and oxygen atoms in total. The first-order chi connectivity index (χ1) is 7.17. The van der Waals surface area contributed by atoms with Gasteiger partial charge in [-0.3, -0.25) is 4.79 Å². The molecule has 15 heavy (non-hydrogen) atoms. The Morgan fingerprint density at radius 2 is 2.00 bits per heavy atom. The number of hydrogen-bond donors (Lipinski definition) is 1. The van der Waals surface area contributed by atoms with E-state index in [1.165, 1.54) is 0 Å². The highest BCUT2D eigenvalue weighted by atomic mass is 16.4. The number of carbonyl (C=O) groups excluding carboxylic acids is 1. The van der Waals surface area contributed by atoms with Crippen LogP contribution < -0.4 is 4.90 Å². The SMILES string of the molecule is O=C(O)N1C(=O)C2(CC2)c2ccccc21. The molecule has 2 aliphatic rings. The number of imide groups is 1. The number of amides is 2. The van der Waals surface area contributed by atoms with Crippen LogP contribution in [0, 0.1) is 0 Å². The summed E-state index contributed by atoms with van der Waals surface area (Å²) in [5.41, 5.74) is 0.902. The molecule has 2 amide bonds. The lowest BCUT2D eigenvalue weighted by atomic mass is 9.98. The number of rotatable bonds is 0. The average Bonchev–Trinajstić information content (AvgIpc) is 2.94. The summed E-state index contributed by atoms with van der Waals surface area (Å²) in [5, 5.41) is 9.00. The van der Waals surface area contributed by atoms with Gasteiger partial charge in [0.1, 0.15) is 0 Å². The third-order valence-electron chi connectivity index (χ3n) is 3.21. The lowest BCUT2D eigenvalue weighted by Gasteiger charge is -2.10. The van der Waals surface area contributed by atoms with Crippen LogP contribution in [0.2, 0.25) is 0 Å². The van der Waals surface area contributed by atoms with Gasteiger partial charge < -0.3 is 5.11 Å². The van der Waals surface area contributed by atoms with Gasteiger partial charge in [-0.25, -0.2) is 9.69 Å². The van der Waals surface area contributed by atoms with Gasteiger partial charge in [0.2, 0.25) is 5.91 Å². The number of para-hydroxylation sites is 1. The maximum Gasteiger partial charge on any atom is 0.418 e. The first-order valence-electron chi connectivity index (χ1n) is 4.84. The number of nitrogens with zero attached hydrogens (tertiary/aromatic N) is 1. The van der Waals surface area contributed by atoms with E-state index in [2.05, 4.69) is 0 Å². The highest BCUT2D eigenvalue weighted by molar-refractivity contribution is 6.21. The molecule has 0 atom stereocenters. The molecule has 1 N–H and O–H groups in total. The number of fused-ring (bicyclic) bond motifs is 2. The first-order valence-corrected chi connectivity index (χ1v) is 4.84. The van der Waals surface area contributed by atoms with Gasteiger partial charge in [-0.2, -0.15) is 0 Å². The zero-order valence-electron chi connectivity index (χ0n) is 7.93. The van der Waals surface area contributed by atoms with Gasteiger partial charge in [-0.15, -0.1) is 0 Å². The van der Waals surface area contributed by atoms with E-state index in [-0.39, 0.29) is 5.91 Å². The Morgan fingerprint density at radius 3 is 2.60 bits per heavy atom. The minimum Gasteiger partial charge on any atom is -0.464 e. The van der Waals surface area contributed by atoms with Crippen molar-refractivity contribution in [2.45, 2.75) is 18.3 Å². The van der Waals surface area contributed by atoms with E-state index in [9.17, 15) is 9.59 Å². The smallest absolute Gasteiger partial charge is 0.418 e. The van der Waals surface area contributed by atoms with E-state index in [1.807, 2.05) is 12.1 Å². The molecule has 0 aromatic heterocycles. The Bertz CT molecular complexity index is 476. The molecule has 1 spiro atoms. The van der Waals surface area contributed by atoms with Crippen LogP contribution in [-0.4, -0.2) is 17.1 Å². The first kappa shape index (κ1) is 8.47. The van der Waals surface area contributed by atoms with Gasteiger partial charge in [0.25, 0.3) is 0 Å². The quantitative estimate of drug-likeness (QED) is 0.698. The summed E-state index contributed by atoms with van der Waals surface area (Å²) in [6, 6.07) is 7.14. The van der Waals surface area contributed by atoms with Gasteiger partial charge in [0.05, 0.1) is 11.1 Å². The van der Waals surface area contributed by atoms with Gasteiger partial charge >= 0.3 is 6.09 Å². The van der Waals surface area contributed by atoms with E-state index in [4.69, 9.17) is 5.11 Å². The molecule has 1 aromatic carbocycles. The van der Waals surface area contributed by atoms with Crippen molar-refractivity contribution in [3.05, 3.63) is 29.8 Å². The molecule has 4 heteroatoms. The molecule has 1 fully saturated rings. The van der Waals surface area contributed by atoms with E-state index in [1.54, 1.807) is 12.1 Å². The second-order valence-corrected chi connectivity index (χ2v) is 4.02. The zero-order chi connectivity index (χ0) is 10.6. The van der Waals surface area contributed by atoms with Gasteiger partial charge in [0.15, 0.2) is 0 Å². The number of hydrogen-bond acceptors (Lipinski definition) is 2. The Balaban J connectivity index is 2.24. The van der Waals surface area contributed by atoms with Crippen LogP contribution in [0.15, 0.2) is 24.3 Å². The fourth-order valence-corrected chi connectivity index (χ4v) is 2.31. The molecule has 1 saturated carbocycles. The van der Waals surface area contributed by atoms with Crippen LogP contribution >= 0.6 is 0 Å². The van der Waals surface area contributed by atoms with Crippen LogP contribution in [0.1, 0.15) is 18.4 Å². The third-order valence-corrected chi connectivity index (χ3v) is 3.21. The van der Waals surface area contributed by atoms with E-state index < -0.39 is 11.5 Å². The molecule has 0 saturated heterocycles. The molecular weight excluding hydrogens is 194 g/mol. The fourth-order valence-electron chi connectivity index (χ4n) is 2.31. The average molecular weight is 203 g/mol. The zero-order valence-corrected chi connectivity index (χ0v) is 7.93. The van der Waals surface area contributed by atoms with Crippen molar-refractivity contribution >= 4 is 17.7 Å². The second-order valence-electron chi connectivity index (χ2n) is 4.02. The third kappa shape index (κ3) is 0.862. The molecular formula is C11H9NO3. The Labute approximate surface area is 86.1 Å². The summed E-state index contributed by atoms with van der Waals surface area (Å²) in [6.07, 6.45) is 0.357. The topological polar surface area (TPSA) is 57.6 Å². The minimum absolute atomic E-state index is 0.281. The van der Waals surface area contributed by atoms with Crippen LogP contribution in [0.25, 0.3) is 0 Å². The lowest BCUT2D eigenvalue weighted by Crippen LogP contribution is -2.36. The van der Waals surface area contributed by atoms with Gasteiger partial charge in [-0.1, -0.05) is 18.2 Å². The molecule has 0 radical (unpaired) electrons. The number of carbonyl (C=O) groups is 2. The van der Waals surface area contributed by atoms with Crippen molar-refractivity contribution in [2.75, 3.05) is 4.90 Å². The minimum atomic E-state index is -1.18. The summed E-state index contributed by atoms with van der Waals surface area (Å²) in [5.74, 6) is -0.281. The molecule has 0 unspecified atom stereocenters. The molecule has 0 bridgehead atoms. The van der Waals surface area contributed by atoms with Crippen molar-refractivity contribution in [3.8, 4) is 0 Å². The van der Waals surface area contributed by atoms with Crippen molar-refractivity contribution in [1.82, 2.24) is 0 Å². The molecule has 1 aliphatic heterocycles. The number of anilines is 1. The van der Waals surface area contributed by atoms with E-state index >= 15 is 0 Å². The van der Waals surface area contributed by atoms with Crippen molar-refractivity contribution < 1.29 is 14.7 Å². The molecule has 1 aromatic rings. The Kier molecular flexibility index (Phi) is 1.35. The predicted molar refractivity (Wildman–Crippen MR) is 52.9 cm³/mol. The normalized spacial score (nSPS) is 20.5. The number of benzene rings is 1. The van der Waals surface area contributed by atoms with Crippen molar-refractivity contribution in [1.29, 1.82) is 0 Å². The monoisotopic (exact) mass is 203 g/mol.